The van der Waals surface area contributed by atoms with E-state index in [0.717, 1.165) is 62.6 Å². The first-order valence-corrected chi connectivity index (χ1v) is 14.2. The normalized spacial score (nSPS) is 17.6. The summed E-state index contributed by atoms with van der Waals surface area (Å²) in [4.78, 5) is 27.4. The summed E-state index contributed by atoms with van der Waals surface area (Å²) in [6.07, 6.45) is 4.78. The van der Waals surface area contributed by atoms with E-state index in [0.29, 0.717) is 24.0 Å². The average Bonchev–Trinajstić information content (AvgIpc) is 2.99. The molecule has 2 aliphatic heterocycles. The van der Waals surface area contributed by atoms with Gasteiger partial charge >= 0.3 is 0 Å². The number of nitrogens with zero attached hydrogens (tertiary/aromatic N) is 5. The van der Waals surface area contributed by atoms with Crippen LogP contribution in [-0.2, 0) is 4.79 Å². The Morgan fingerprint density at radius 1 is 1.15 bits per heavy atom. The fourth-order valence-electron chi connectivity index (χ4n) is 5.07. The van der Waals surface area contributed by atoms with Crippen LogP contribution in [0.2, 0.25) is 5.02 Å². The van der Waals surface area contributed by atoms with Gasteiger partial charge in [0.25, 0.3) is 0 Å². The maximum Gasteiger partial charge on any atom is 0.246 e. The number of carbonyl (C=O) groups is 1. The zero-order valence-corrected chi connectivity index (χ0v) is 24.2. The highest BCUT2D eigenvalue weighted by molar-refractivity contribution is 6.31. The van der Waals surface area contributed by atoms with E-state index in [1.54, 1.807) is 7.11 Å². The highest BCUT2D eigenvalue weighted by Gasteiger charge is 2.22. The number of benzene rings is 2. The Kier molecular flexibility index (Phi) is 9.11. The number of hydrogen-bond acceptors (Lipinski definition) is 9. The summed E-state index contributed by atoms with van der Waals surface area (Å²) in [6.45, 7) is 8.97. The molecule has 0 radical (unpaired) electrons. The molecular weight excluding hydrogens is 542 g/mol. The Balaban J connectivity index is 1.26. The number of likely N-dealkylation sites (N-methyl/N-ethyl adjacent to an activating group) is 1. The Morgan fingerprint density at radius 2 is 1.98 bits per heavy atom. The lowest BCUT2D eigenvalue weighted by Crippen LogP contribution is -2.44. The number of anilines is 4. The largest absolute Gasteiger partial charge is 0.494 e. The van der Waals surface area contributed by atoms with Crippen LogP contribution >= 0.6 is 11.6 Å². The Hall–Kier alpha value is -4.02. The molecule has 0 saturated carbocycles. The van der Waals surface area contributed by atoms with Gasteiger partial charge in [-0.2, -0.15) is 4.98 Å². The van der Waals surface area contributed by atoms with Gasteiger partial charge in [0.1, 0.15) is 16.5 Å². The summed E-state index contributed by atoms with van der Waals surface area (Å²) in [5.74, 6) is 1.79. The fraction of sp³-hybridized carbons (Fsp3) is 0.367. The van der Waals surface area contributed by atoms with Crippen molar-refractivity contribution in [2.75, 3.05) is 69.0 Å². The van der Waals surface area contributed by atoms with Crippen molar-refractivity contribution >= 4 is 40.5 Å². The number of methoxy groups -OCH3 is 1. The number of piperazine rings is 1. The van der Waals surface area contributed by atoms with E-state index in [1.165, 1.54) is 12.3 Å². The smallest absolute Gasteiger partial charge is 0.246 e. The molecule has 0 aliphatic carbocycles. The standard InChI is InChI=1S/C30H36ClN7O3/c1-4-28(39)38-12-6-8-22(20-38)33-21-7-5-9-24(17-21)41-29-25(31)19-32-30(35-29)34-26-11-10-23(18-27(26)40-3)37-15-13-36(2)14-16-37/h4-5,7,9-11,17-19,22,33H,1,6,8,12-16,20H2,2-3H3,(H,32,34,35). The fourth-order valence-corrected chi connectivity index (χ4v) is 5.20. The van der Waals surface area contributed by atoms with Crippen molar-refractivity contribution in [3.05, 3.63) is 66.3 Å². The lowest BCUT2D eigenvalue weighted by Gasteiger charge is -2.34. The van der Waals surface area contributed by atoms with Crippen molar-refractivity contribution in [3.8, 4) is 17.4 Å². The molecule has 2 N–H and O–H groups in total. The molecule has 0 spiro atoms. The van der Waals surface area contributed by atoms with Gasteiger partial charge in [-0.1, -0.05) is 24.2 Å². The van der Waals surface area contributed by atoms with E-state index in [9.17, 15) is 4.79 Å². The number of halogens is 1. The minimum Gasteiger partial charge on any atom is -0.494 e. The van der Waals surface area contributed by atoms with Gasteiger partial charge in [-0.3, -0.25) is 4.79 Å². The monoisotopic (exact) mass is 577 g/mol. The number of amides is 1. The Labute approximate surface area is 245 Å². The van der Waals surface area contributed by atoms with Crippen molar-refractivity contribution in [1.29, 1.82) is 0 Å². The van der Waals surface area contributed by atoms with Crippen LogP contribution in [0.1, 0.15) is 12.8 Å². The molecule has 1 aromatic heterocycles. The third kappa shape index (κ3) is 7.20. The van der Waals surface area contributed by atoms with Crippen molar-refractivity contribution in [2.45, 2.75) is 18.9 Å². The van der Waals surface area contributed by atoms with Crippen LogP contribution in [-0.4, -0.2) is 85.1 Å². The summed E-state index contributed by atoms with van der Waals surface area (Å²) in [7, 11) is 3.79. The van der Waals surface area contributed by atoms with Gasteiger partial charge in [-0.15, -0.1) is 0 Å². The molecular formula is C30H36ClN7O3. The first-order valence-electron chi connectivity index (χ1n) is 13.8. The zero-order chi connectivity index (χ0) is 28.8. The summed E-state index contributed by atoms with van der Waals surface area (Å²) in [5, 5.41) is 7.03. The van der Waals surface area contributed by atoms with E-state index < -0.39 is 0 Å². The zero-order valence-electron chi connectivity index (χ0n) is 23.5. The third-order valence-electron chi connectivity index (χ3n) is 7.34. The van der Waals surface area contributed by atoms with Gasteiger partial charge in [-0.25, -0.2) is 4.98 Å². The molecule has 0 bridgehead atoms. The molecule has 2 saturated heterocycles. The molecule has 1 unspecified atom stereocenters. The van der Waals surface area contributed by atoms with E-state index >= 15 is 0 Å². The highest BCUT2D eigenvalue weighted by Crippen LogP contribution is 2.34. The minimum atomic E-state index is -0.0417. The highest BCUT2D eigenvalue weighted by atomic mass is 35.5. The maximum atomic E-state index is 12.0. The van der Waals surface area contributed by atoms with Gasteiger partial charge in [0.2, 0.25) is 17.7 Å². The molecule has 3 heterocycles. The van der Waals surface area contributed by atoms with Crippen molar-refractivity contribution in [1.82, 2.24) is 19.8 Å². The Morgan fingerprint density at radius 3 is 2.76 bits per heavy atom. The number of piperidine rings is 1. The van der Waals surface area contributed by atoms with Gasteiger partial charge in [-0.05, 0) is 50.2 Å². The van der Waals surface area contributed by atoms with Gasteiger partial charge in [0.15, 0.2) is 0 Å². The molecule has 10 nitrogen and oxygen atoms in total. The first-order chi connectivity index (χ1) is 19.9. The van der Waals surface area contributed by atoms with Crippen LogP contribution in [0.3, 0.4) is 0 Å². The number of nitrogens with one attached hydrogen (secondary N) is 2. The topological polar surface area (TPSA) is 95.1 Å². The van der Waals surface area contributed by atoms with Crippen LogP contribution in [0.15, 0.2) is 61.3 Å². The molecule has 1 amide bonds. The molecule has 216 valence electrons. The van der Waals surface area contributed by atoms with Crippen LogP contribution in [0, 0.1) is 0 Å². The van der Waals surface area contributed by atoms with Gasteiger partial charge in [0.05, 0.1) is 19.0 Å². The summed E-state index contributed by atoms with van der Waals surface area (Å²) >= 11 is 6.41. The predicted octanol–water partition coefficient (Wildman–Crippen LogP) is 5.02. The number of ether oxygens (including phenoxy) is 2. The van der Waals surface area contributed by atoms with Crippen LogP contribution in [0.25, 0.3) is 0 Å². The molecule has 2 fully saturated rings. The van der Waals surface area contributed by atoms with Crippen LogP contribution < -0.4 is 25.0 Å². The van der Waals surface area contributed by atoms with E-state index in [2.05, 4.69) is 50.1 Å². The molecule has 11 heteroatoms. The second-order valence-electron chi connectivity index (χ2n) is 10.2. The quantitative estimate of drug-likeness (QED) is 0.340. The van der Waals surface area contributed by atoms with E-state index in [4.69, 9.17) is 21.1 Å². The lowest BCUT2D eigenvalue weighted by molar-refractivity contribution is -0.127. The van der Waals surface area contributed by atoms with E-state index in [-0.39, 0.29) is 22.9 Å². The van der Waals surface area contributed by atoms with E-state index in [1.807, 2.05) is 41.3 Å². The van der Waals surface area contributed by atoms with Crippen molar-refractivity contribution in [2.24, 2.45) is 0 Å². The average molecular weight is 578 g/mol. The number of aromatic nitrogens is 2. The number of hydrogen-bond donors (Lipinski definition) is 2. The number of likely N-dealkylation sites (tertiary alicyclic amines) is 1. The number of rotatable bonds is 9. The molecule has 5 rings (SSSR count). The van der Waals surface area contributed by atoms with Crippen molar-refractivity contribution in [3.63, 3.8) is 0 Å². The molecule has 3 aromatic rings. The lowest BCUT2D eigenvalue weighted by atomic mass is 10.1. The molecule has 2 aromatic carbocycles. The second-order valence-corrected chi connectivity index (χ2v) is 10.7. The minimum absolute atomic E-state index is 0.0417. The summed E-state index contributed by atoms with van der Waals surface area (Å²) in [5.41, 5.74) is 2.73. The third-order valence-corrected chi connectivity index (χ3v) is 7.60. The summed E-state index contributed by atoms with van der Waals surface area (Å²) < 4.78 is 11.8. The van der Waals surface area contributed by atoms with Gasteiger partial charge < -0.3 is 34.8 Å². The molecule has 1 atom stereocenters. The number of carbonyl (C=O) groups excluding carboxylic acids is 1. The van der Waals surface area contributed by atoms with Gasteiger partial charge in [0, 0.05) is 68.8 Å². The molecule has 41 heavy (non-hydrogen) atoms. The maximum absolute atomic E-state index is 12.0. The SMILES string of the molecule is C=CC(=O)N1CCCC(Nc2cccc(Oc3nc(Nc4ccc(N5CCN(C)CC5)cc4OC)ncc3Cl)c2)C1. The first kappa shape index (κ1) is 28.5. The second kappa shape index (κ2) is 13.1. The van der Waals surface area contributed by atoms with Crippen molar-refractivity contribution < 1.29 is 14.3 Å². The molecule has 2 aliphatic rings. The van der Waals surface area contributed by atoms with Crippen LogP contribution in [0.4, 0.5) is 23.0 Å². The summed E-state index contributed by atoms with van der Waals surface area (Å²) in [6, 6.07) is 13.8. The Bertz CT molecular complexity index is 1380. The van der Waals surface area contributed by atoms with Crippen LogP contribution in [0.5, 0.6) is 17.4 Å². The predicted molar refractivity (Wildman–Crippen MR) is 163 cm³/mol.